The zero-order valence-electron chi connectivity index (χ0n) is 22.7. The maximum Gasteiger partial charge on any atom is 0.416 e. The summed E-state index contributed by atoms with van der Waals surface area (Å²) < 4.78 is 51.1. The average Bonchev–Trinajstić information content (AvgIpc) is 2.97. The molecular weight excluding hydrogens is 610 g/mol. The second-order valence-corrected chi connectivity index (χ2v) is 11.9. The molecule has 6 nitrogen and oxygen atoms in total. The molecule has 0 saturated carbocycles. The second-order valence-electron chi connectivity index (χ2n) is 10.0. The number of alkyl halides is 3. The first-order chi connectivity index (χ1) is 20.2. The number of halogens is 5. The van der Waals surface area contributed by atoms with Gasteiger partial charge in [-0.1, -0.05) is 47.1 Å². The lowest BCUT2D eigenvalue weighted by Gasteiger charge is -2.36. The molecule has 1 fully saturated rings. The maximum absolute atomic E-state index is 13.5. The summed E-state index contributed by atoms with van der Waals surface area (Å²) in [4.78, 5) is 20.5. The van der Waals surface area contributed by atoms with Crippen LogP contribution in [0, 0.1) is 0 Å². The summed E-state index contributed by atoms with van der Waals surface area (Å²) in [6, 6.07) is 16.6. The summed E-state index contributed by atoms with van der Waals surface area (Å²) in [6.45, 7) is 5.58. The van der Waals surface area contributed by atoms with Gasteiger partial charge in [0.2, 0.25) is 0 Å². The van der Waals surface area contributed by atoms with Crippen LogP contribution in [0.5, 0.6) is 5.75 Å². The van der Waals surface area contributed by atoms with Crippen LogP contribution in [0.25, 0.3) is 0 Å². The van der Waals surface area contributed by atoms with Gasteiger partial charge in [0.25, 0.3) is 0 Å². The maximum atomic E-state index is 13.5. The van der Waals surface area contributed by atoms with Crippen LogP contribution in [-0.4, -0.2) is 74.8 Å². The van der Waals surface area contributed by atoms with Crippen molar-refractivity contribution in [3.8, 4) is 5.75 Å². The third kappa shape index (κ3) is 7.85. The predicted octanol–water partition coefficient (Wildman–Crippen LogP) is 7.24. The van der Waals surface area contributed by atoms with E-state index in [1.54, 1.807) is 24.3 Å². The first-order valence-corrected chi connectivity index (χ1v) is 15.2. The largest absolute Gasteiger partial charge is 0.482 e. The molecule has 0 N–H and O–H groups in total. The van der Waals surface area contributed by atoms with Crippen molar-refractivity contribution in [3.05, 3.63) is 76.3 Å². The quantitative estimate of drug-likeness (QED) is 0.217. The zero-order chi connectivity index (χ0) is 29.7. The fourth-order valence-electron chi connectivity index (χ4n) is 4.97. The van der Waals surface area contributed by atoms with Crippen molar-refractivity contribution in [2.45, 2.75) is 22.4 Å². The van der Waals surface area contributed by atoms with Crippen LogP contribution in [-0.2, 0) is 15.7 Å². The van der Waals surface area contributed by atoms with Gasteiger partial charge in [0.1, 0.15) is 12.4 Å². The topological polar surface area (TPSA) is 45.3 Å². The zero-order valence-corrected chi connectivity index (χ0v) is 25.0. The van der Waals surface area contributed by atoms with Gasteiger partial charge in [-0.2, -0.15) is 13.2 Å². The third-order valence-electron chi connectivity index (χ3n) is 7.19. The molecule has 0 unspecified atom stereocenters. The van der Waals surface area contributed by atoms with E-state index >= 15 is 0 Å². The van der Waals surface area contributed by atoms with Crippen molar-refractivity contribution in [1.82, 2.24) is 9.80 Å². The van der Waals surface area contributed by atoms with E-state index in [1.165, 1.54) is 17.8 Å². The van der Waals surface area contributed by atoms with E-state index in [4.69, 9.17) is 32.7 Å². The third-order valence-corrected chi connectivity index (χ3v) is 9.06. The molecule has 0 bridgehead atoms. The Morgan fingerprint density at radius 2 is 1.55 bits per heavy atom. The molecule has 0 atom stereocenters. The minimum Gasteiger partial charge on any atom is -0.482 e. The number of nitrogens with zero attached hydrogens (tertiary/aromatic N) is 3. The number of anilines is 2. The fraction of sp³-hybridized carbons (Fsp3) is 0.367. The van der Waals surface area contributed by atoms with Crippen molar-refractivity contribution in [1.29, 1.82) is 0 Å². The van der Waals surface area contributed by atoms with E-state index < -0.39 is 17.7 Å². The van der Waals surface area contributed by atoms with Gasteiger partial charge in [0.15, 0.2) is 6.61 Å². The average molecular weight is 641 g/mol. The van der Waals surface area contributed by atoms with Gasteiger partial charge in [0.05, 0.1) is 27.0 Å². The minimum atomic E-state index is -4.39. The van der Waals surface area contributed by atoms with Gasteiger partial charge in [-0.15, -0.1) is 0 Å². The Bertz CT molecular complexity index is 1400. The lowest BCUT2D eigenvalue weighted by atomic mass is 10.1. The van der Waals surface area contributed by atoms with E-state index in [2.05, 4.69) is 9.80 Å². The molecule has 3 aromatic carbocycles. The van der Waals surface area contributed by atoms with E-state index in [0.717, 1.165) is 60.7 Å². The number of carbonyl (C=O) groups is 1. The molecule has 2 aliphatic rings. The lowest BCUT2D eigenvalue weighted by Crippen LogP contribution is -2.47. The molecule has 0 spiro atoms. The van der Waals surface area contributed by atoms with Crippen LogP contribution in [0.15, 0.2) is 70.5 Å². The Balaban J connectivity index is 1.05. The number of hydrogen-bond donors (Lipinski definition) is 0. The summed E-state index contributed by atoms with van der Waals surface area (Å²) in [5.41, 5.74) is 0.915. The number of benzene rings is 3. The Morgan fingerprint density at radius 1 is 0.833 bits per heavy atom. The van der Waals surface area contributed by atoms with Crippen LogP contribution in [0.2, 0.25) is 10.0 Å². The second kappa shape index (κ2) is 13.8. The molecule has 0 aromatic heterocycles. The minimum absolute atomic E-state index is 0.214. The summed E-state index contributed by atoms with van der Waals surface area (Å²) in [6.07, 6.45) is -3.58. The highest BCUT2D eigenvalue weighted by molar-refractivity contribution is 7.99. The molecule has 2 aliphatic heterocycles. The molecular formula is C30H30Cl2F3N3O3S. The number of ether oxygens (including phenoxy) is 2. The molecule has 12 heteroatoms. The predicted molar refractivity (Wildman–Crippen MR) is 159 cm³/mol. The molecule has 3 aromatic rings. The highest BCUT2D eigenvalue weighted by atomic mass is 35.5. The van der Waals surface area contributed by atoms with Crippen LogP contribution in [0.1, 0.15) is 12.0 Å². The molecule has 1 saturated heterocycles. The standard InChI is InChI=1S/C30H30Cl2F3N3O3S/c31-23-8-7-22(19-24(23)32)41-20-29(39)40-17-16-37-14-12-36(13-15-37)10-3-11-38-25-4-1-2-5-27(25)42-28-9-6-21(18-26(28)38)30(33,34)35/h1-2,4-9,18-19H,3,10-17,20H2. The van der Waals surface area contributed by atoms with Gasteiger partial charge in [-0.05, 0) is 55.4 Å². The smallest absolute Gasteiger partial charge is 0.416 e. The molecule has 5 rings (SSSR count). The monoisotopic (exact) mass is 639 g/mol. The Hall–Kier alpha value is -2.63. The van der Waals surface area contributed by atoms with Crippen LogP contribution in [0.4, 0.5) is 24.5 Å². The van der Waals surface area contributed by atoms with E-state index in [-0.39, 0.29) is 13.2 Å². The van der Waals surface area contributed by atoms with Crippen LogP contribution in [0.3, 0.4) is 0 Å². The number of hydrogen-bond acceptors (Lipinski definition) is 7. The van der Waals surface area contributed by atoms with E-state index in [1.807, 2.05) is 29.2 Å². The molecule has 224 valence electrons. The van der Waals surface area contributed by atoms with Crippen molar-refractivity contribution in [2.24, 2.45) is 0 Å². The first kappa shape index (κ1) is 30.8. The van der Waals surface area contributed by atoms with Gasteiger partial charge < -0.3 is 19.3 Å². The fourth-order valence-corrected chi connectivity index (χ4v) is 6.34. The van der Waals surface area contributed by atoms with Crippen molar-refractivity contribution < 1.29 is 27.4 Å². The van der Waals surface area contributed by atoms with E-state index in [0.29, 0.717) is 34.6 Å². The molecule has 2 heterocycles. The van der Waals surface area contributed by atoms with Crippen LogP contribution < -0.4 is 9.64 Å². The lowest BCUT2D eigenvalue weighted by molar-refractivity contribution is -0.146. The number of fused-ring (bicyclic) bond motifs is 2. The van der Waals surface area contributed by atoms with Gasteiger partial charge in [0, 0.05) is 55.1 Å². The SMILES string of the molecule is O=C(COc1ccc(Cl)c(Cl)c1)OCCN1CCN(CCCN2c3ccccc3Sc3ccc(C(F)(F)F)cc32)CC1. The Kier molecular flexibility index (Phi) is 10.1. The highest BCUT2D eigenvalue weighted by Gasteiger charge is 2.33. The molecule has 0 aliphatic carbocycles. The Labute approximate surface area is 257 Å². The number of esters is 1. The number of carbonyl (C=O) groups excluding carboxylic acids is 1. The Morgan fingerprint density at radius 3 is 2.29 bits per heavy atom. The van der Waals surface area contributed by atoms with E-state index in [9.17, 15) is 18.0 Å². The highest BCUT2D eigenvalue weighted by Crippen LogP contribution is 2.49. The summed E-state index contributed by atoms with van der Waals surface area (Å²) in [7, 11) is 0. The summed E-state index contributed by atoms with van der Waals surface area (Å²) in [5.74, 6) is -0.0163. The number of para-hydroxylation sites is 1. The first-order valence-electron chi connectivity index (χ1n) is 13.6. The van der Waals surface area contributed by atoms with Gasteiger partial charge >= 0.3 is 12.1 Å². The molecule has 0 amide bonds. The normalized spacial score (nSPS) is 15.7. The van der Waals surface area contributed by atoms with Crippen molar-refractivity contribution in [2.75, 3.05) is 63.9 Å². The van der Waals surface area contributed by atoms with Crippen LogP contribution >= 0.6 is 35.0 Å². The van der Waals surface area contributed by atoms with Crippen molar-refractivity contribution in [3.63, 3.8) is 0 Å². The summed E-state index contributed by atoms with van der Waals surface area (Å²) >= 11 is 13.3. The number of piperazine rings is 1. The molecule has 0 radical (unpaired) electrons. The van der Waals surface area contributed by atoms with Gasteiger partial charge in [-0.25, -0.2) is 4.79 Å². The molecule has 42 heavy (non-hydrogen) atoms. The van der Waals surface area contributed by atoms with Crippen molar-refractivity contribution >= 4 is 52.3 Å². The summed E-state index contributed by atoms with van der Waals surface area (Å²) in [5, 5.41) is 0.759. The van der Waals surface area contributed by atoms with Gasteiger partial charge in [-0.3, -0.25) is 4.90 Å². The number of rotatable bonds is 10.